The molecule has 88 valence electrons. The molecule has 1 heterocycles. The molecule has 0 N–H and O–H groups in total. The van der Waals surface area contributed by atoms with Crippen molar-refractivity contribution in [2.24, 2.45) is 0 Å². The van der Waals surface area contributed by atoms with Gasteiger partial charge in [0, 0.05) is 30.7 Å². The lowest BCUT2D eigenvalue weighted by Crippen LogP contribution is -2.09. The fraction of sp³-hybridized carbons (Fsp3) is 0.154. The summed E-state index contributed by atoms with van der Waals surface area (Å²) in [6, 6.07) is 11.6. The number of ether oxygens (including phenoxy) is 1. The van der Waals surface area contributed by atoms with E-state index in [-0.39, 0.29) is 0 Å². The third-order valence-electron chi connectivity index (χ3n) is 2.54. The number of pyridine rings is 1. The highest BCUT2D eigenvalue weighted by Crippen LogP contribution is 2.27. The second-order valence-electron chi connectivity index (χ2n) is 3.60. The van der Waals surface area contributed by atoms with Crippen LogP contribution in [0.1, 0.15) is 0 Å². The zero-order valence-electron chi connectivity index (χ0n) is 9.72. The number of rotatable bonds is 3. The Morgan fingerprint density at radius 3 is 2.65 bits per heavy atom. The topological polar surface area (TPSA) is 25.4 Å². The summed E-state index contributed by atoms with van der Waals surface area (Å²) in [5.41, 5.74) is 2.02. The maximum absolute atomic E-state index is 5.87. The van der Waals surface area contributed by atoms with Crippen LogP contribution in [0.2, 0.25) is 5.15 Å². The Morgan fingerprint density at radius 2 is 1.94 bits per heavy atom. The minimum Gasteiger partial charge on any atom is -0.497 e. The zero-order valence-corrected chi connectivity index (χ0v) is 10.5. The van der Waals surface area contributed by atoms with Gasteiger partial charge in [0.25, 0.3) is 0 Å². The fourth-order valence-corrected chi connectivity index (χ4v) is 1.74. The van der Waals surface area contributed by atoms with Crippen LogP contribution in [-0.4, -0.2) is 19.1 Å². The smallest absolute Gasteiger partial charge is 0.131 e. The molecular formula is C13H13ClN2O. The highest BCUT2D eigenvalue weighted by Gasteiger charge is 2.05. The first kappa shape index (κ1) is 11.7. The van der Waals surface area contributed by atoms with Crippen molar-refractivity contribution >= 4 is 23.0 Å². The standard InChI is InChI=1S/C13H13ClN2O/c1-16(11-6-7-15-13(14)9-11)10-4-3-5-12(8-10)17-2/h3-9H,1-2H3. The average molecular weight is 249 g/mol. The van der Waals surface area contributed by atoms with Crippen LogP contribution in [-0.2, 0) is 0 Å². The second kappa shape index (κ2) is 5.06. The summed E-state index contributed by atoms with van der Waals surface area (Å²) in [7, 11) is 3.63. The summed E-state index contributed by atoms with van der Waals surface area (Å²) in [4.78, 5) is 5.99. The molecule has 4 heteroatoms. The van der Waals surface area contributed by atoms with Crippen molar-refractivity contribution in [3.8, 4) is 5.75 Å². The summed E-state index contributed by atoms with van der Waals surface area (Å²) in [5, 5.41) is 0.484. The van der Waals surface area contributed by atoms with E-state index in [9.17, 15) is 0 Å². The van der Waals surface area contributed by atoms with E-state index >= 15 is 0 Å². The van der Waals surface area contributed by atoms with Gasteiger partial charge in [-0.2, -0.15) is 0 Å². The van der Waals surface area contributed by atoms with Crippen LogP contribution in [0.15, 0.2) is 42.6 Å². The molecule has 0 amide bonds. The van der Waals surface area contributed by atoms with Gasteiger partial charge in [0.15, 0.2) is 0 Å². The molecule has 17 heavy (non-hydrogen) atoms. The average Bonchev–Trinajstić information content (AvgIpc) is 2.38. The van der Waals surface area contributed by atoms with Crippen molar-refractivity contribution in [1.82, 2.24) is 4.98 Å². The highest BCUT2D eigenvalue weighted by atomic mass is 35.5. The lowest BCUT2D eigenvalue weighted by atomic mass is 10.2. The lowest BCUT2D eigenvalue weighted by molar-refractivity contribution is 0.415. The van der Waals surface area contributed by atoms with Crippen molar-refractivity contribution in [2.75, 3.05) is 19.1 Å². The summed E-state index contributed by atoms with van der Waals surface area (Å²) in [6.07, 6.45) is 1.69. The van der Waals surface area contributed by atoms with Gasteiger partial charge in [0.1, 0.15) is 10.9 Å². The first-order valence-corrected chi connectivity index (χ1v) is 5.58. The number of nitrogens with zero attached hydrogens (tertiary/aromatic N) is 2. The van der Waals surface area contributed by atoms with Crippen LogP contribution in [0.5, 0.6) is 5.75 Å². The van der Waals surface area contributed by atoms with E-state index in [0.717, 1.165) is 17.1 Å². The Balaban J connectivity index is 2.33. The summed E-state index contributed by atoms with van der Waals surface area (Å²) in [5.74, 6) is 0.828. The number of halogens is 1. The van der Waals surface area contributed by atoms with E-state index in [4.69, 9.17) is 16.3 Å². The molecule has 0 bridgehead atoms. The lowest BCUT2D eigenvalue weighted by Gasteiger charge is -2.19. The molecular weight excluding hydrogens is 236 g/mol. The minimum atomic E-state index is 0.484. The van der Waals surface area contributed by atoms with Crippen molar-refractivity contribution in [1.29, 1.82) is 0 Å². The van der Waals surface area contributed by atoms with Crippen LogP contribution < -0.4 is 9.64 Å². The Morgan fingerprint density at radius 1 is 1.18 bits per heavy atom. The zero-order chi connectivity index (χ0) is 12.3. The van der Waals surface area contributed by atoms with E-state index in [1.165, 1.54) is 0 Å². The fourth-order valence-electron chi connectivity index (χ4n) is 1.57. The number of aromatic nitrogens is 1. The predicted octanol–water partition coefficient (Wildman–Crippen LogP) is 3.51. The van der Waals surface area contributed by atoms with E-state index in [2.05, 4.69) is 4.98 Å². The SMILES string of the molecule is COc1cccc(N(C)c2ccnc(Cl)c2)c1. The third kappa shape index (κ3) is 2.68. The molecule has 0 unspecified atom stereocenters. The third-order valence-corrected chi connectivity index (χ3v) is 2.74. The Labute approximate surface area is 106 Å². The number of benzene rings is 1. The Hall–Kier alpha value is -1.74. The van der Waals surface area contributed by atoms with Crippen LogP contribution in [0.25, 0.3) is 0 Å². The summed E-state index contributed by atoms with van der Waals surface area (Å²) < 4.78 is 5.20. The van der Waals surface area contributed by atoms with E-state index in [1.807, 2.05) is 48.3 Å². The van der Waals surface area contributed by atoms with Crippen LogP contribution in [0.3, 0.4) is 0 Å². The first-order chi connectivity index (χ1) is 8.20. The number of hydrogen-bond acceptors (Lipinski definition) is 3. The van der Waals surface area contributed by atoms with Gasteiger partial charge >= 0.3 is 0 Å². The number of anilines is 2. The minimum absolute atomic E-state index is 0.484. The Bertz CT molecular complexity index is 516. The summed E-state index contributed by atoms with van der Waals surface area (Å²) >= 11 is 5.87. The van der Waals surface area contributed by atoms with Gasteiger partial charge in [-0.25, -0.2) is 4.98 Å². The van der Waals surface area contributed by atoms with Gasteiger partial charge in [-0.1, -0.05) is 17.7 Å². The van der Waals surface area contributed by atoms with Gasteiger partial charge < -0.3 is 9.64 Å². The van der Waals surface area contributed by atoms with Crippen LogP contribution >= 0.6 is 11.6 Å². The Kier molecular flexibility index (Phi) is 3.49. The molecule has 0 spiro atoms. The molecule has 2 rings (SSSR count). The molecule has 0 aliphatic heterocycles. The molecule has 0 aliphatic rings. The second-order valence-corrected chi connectivity index (χ2v) is 3.98. The normalized spacial score (nSPS) is 10.1. The molecule has 3 nitrogen and oxygen atoms in total. The molecule has 0 radical (unpaired) electrons. The van der Waals surface area contributed by atoms with E-state index in [0.29, 0.717) is 5.15 Å². The molecule has 0 atom stereocenters. The van der Waals surface area contributed by atoms with Gasteiger partial charge in [-0.05, 0) is 24.3 Å². The quantitative estimate of drug-likeness (QED) is 0.778. The predicted molar refractivity (Wildman–Crippen MR) is 70.3 cm³/mol. The largest absolute Gasteiger partial charge is 0.497 e. The van der Waals surface area contributed by atoms with Crippen LogP contribution in [0.4, 0.5) is 11.4 Å². The molecule has 0 fully saturated rings. The number of hydrogen-bond donors (Lipinski definition) is 0. The molecule has 2 aromatic rings. The van der Waals surface area contributed by atoms with Gasteiger partial charge in [0.2, 0.25) is 0 Å². The molecule has 0 saturated heterocycles. The molecule has 0 aliphatic carbocycles. The van der Waals surface area contributed by atoms with Gasteiger partial charge in [-0.3, -0.25) is 0 Å². The maximum Gasteiger partial charge on any atom is 0.131 e. The molecule has 1 aromatic heterocycles. The van der Waals surface area contributed by atoms with Crippen molar-refractivity contribution in [2.45, 2.75) is 0 Å². The first-order valence-electron chi connectivity index (χ1n) is 5.20. The van der Waals surface area contributed by atoms with Gasteiger partial charge in [0.05, 0.1) is 7.11 Å². The van der Waals surface area contributed by atoms with Crippen LogP contribution in [0, 0.1) is 0 Å². The molecule has 1 aromatic carbocycles. The number of methoxy groups -OCH3 is 1. The van der Waals surface area contributed by atoms with Crippen molar-refractivity contribution in [3.63, 3.8) is 0 Å². The van der Waals surface area contributed by atoms with E-state index < -0.39 is 0 Å². The van der Waals surface area contributed by atoms with E-state index in [1.54, 1.807) is 13.3 Å². The van der Waals surface area contributed by atoms with Crippen molar-refractivity contribution < 1.29 is 4.74 Å². The molecule has 0 saturated carbocycles. The summed E-state index contributed by atoms with van der Waals surface area (Å²) in [6.45, 7) is 0. The van der Waals surface area contributed by atoms with Gasteiger partial charge in [-0.15, -0.1) is 0 Å². The monoisotopic (exact) mass is 248 g/mol. The van der Waals surface area contributed by atoms with Crippen molar-refractivity contribution in [3.05, 3.63) is 47.7 Å². The highest BCUT2D eigenvalue weighted by molar-refractivity contribution is 6.29. The maximum atomic E-state index is 5.87.